The maximum Gasteiger partial charge on any atom is 0.119 e. The predicted octanol–water partition coefficient (Wildman–Crippen LogP) is 3.73. The Balaban J connectivity index is 2.32. The van der Waals surface area contributed by atoms with Crippen molar-refractivity contribution in [2.75, 3.05) is 7.11 Å². The summed E-state index contributed by atoms with van der Waals surface area (Å²) in [5.41, 5.74) is 11.1. The average molecular weight is 269 g/mol. The Morgan fingerprint density at radius 1 is 1.10 bits per heavy atom. The van der Waals surface area contributed by atoms with E-state index >= 15 is 0 Å². The SMILES string of the molecule is COc1cccc(CC(C)(N)c2cc(C)ccc2C)c1. The number of hydrogen-bond donors (Lipinski definition) is 1. The van der Waals surface area contributed by atoms with Gasteiger partial charge in [-0.3, -0.25) is 0 Å². The van der Waals surface area contributed by atoms with Gasteiger partial charge in [-0.1, -0.05) is 35.9 Å². The van der Waals surface area contributed by atoms with Crippen LogP contribution in [-0.4, -0.2) is 7.11 Å². The molecule has 0 saturated heterocycles. The minimum Gasteiger partial charge on any atom is -0.497 e. The lowest BCUT2D eigenvalue weighted by Crippen LogP contribution is -2.36. The summed E-state index contributed by atoms with van der Waals surface area (Å²) in [6.45, 7) is 6.31. The van der Waals surface area contributed by atoms with Crippen molar-refractivity contribution in [3.63, 3.8) is 0 Å². The minimum absolute atomic E-state index is 0.386. The molecular weight excluding hydrogens is 246 g/mol. The van der Waals surface area contributed by atoms with E-state index in [0.717, 1.165) is 12.2 Å². The van der Waals surface area contributed by atoms with Crippen LogP contribution in [0, 0.1) is 13.8 Å². The van der Waals surface area contributed by atoms with Crippen LogP contribution in [-0.2, 0) is 12.0 Å². The van der Waals surface area contributed by atoms with Gasteiger partial charge in [0.1, 0.15) is 5.75 Å². The van der Waals surface area contributed by atoms with Crippen LogP contribution in [0.25, 0.3) is 0 Å². The quantitative estimate of drug-likeness (QED) is 0.918. The van der Waals surface area contributed by atoms with Crippen LogP contribution >= 0.6 is 0 Å². The molecule has 20 heavy (non-hydrogen) atoms. The molecule has 0 saturated carbocycles. The van der Waals surface area contributed by atoms with Gasteiger partial charge in [0.25, 0.3) is 0 Å². The number of benzene rings is 2. The Labute approximate surface area is 121 Å². The molecular formula is C18H23NO. The summed E-state index contributed by atoms with van der Waals surface area (Å²) in [6.07, 6.45) is 0.786. The highest BCUT2D eigenvalue weighted by atomic mass is 16.5. The lowest BCUT2D eigenvalue weighted by atomic mass is 9.83. The summed E-state index contributed by atoms with van der Waals surface area (Å²) < 4.78 is 5.28. The molecule has 106 valence electrons. The zero-order valence-electron chi connectivity index (χ0n) is 12.7. The van der Waals surface area contributed by atoms with E-state index in [2.05, 4.69) is 51.1 Å². The van der Waals surface area contributed by atoms with Crippen molar-refractivity contribution in [2.45, 2.75) is 32.7 Å². The van der Waals surface area contributed by atoms with Gasteiger partial charge in [-0.2, -0.15) is 0 Å². The summed E-state index contributed by atoms with van der Waals surface area (Å²) in [5.74, 6) is 0.874. The first-order chi connectivity index (χ1) is 9.42. The number of ether oxygens (including phenoxy) is 1. The summed E-state index contributed by atoms with van der Waals surface area (Å²) in [6, 6.07) is 14.6. The third kappa shape index (κ3) is 3.20. The first-order valence-electron chi connectivity index (χ1n) is 6.92. The summed E-state index contributed by atoms with van der Waals surface area (Å²) >= 11 is 0. The standard InChI is InChI=1S/C18H23NO/c1-13-8-9-14(2)17(10-13)18(3,19)12-15-6-5-7-16(11-15)20-4/h5-11H,12,19H2,1-4H3. The summed E-state index contributed by atoms with van der Waals surface area (Å²) in [4.78, 5) is 0. The van der Waals surface area contributed by atoms with Gasteiger partial charge in [0.05, 0.1) is 7.11 Å². The molecule has 0 aliphatic rings. The lowest BCUT2D eigenvalue weighted by Gasteiger charge is -2.28. The highest BCUT2D eigenvalue weighted by Gasteiger charge is 2.23. The second-order valence-electron chi connectivity index (χ2n) is 5.76. The maximum absolute atomic E-state index is 6.59. The van der Waals surface area contributed by atoms with Crippen LogP contribution in [0.1, 0.15) is 29.2 Å². The van der Waals surface area contributed by atoms with Crippen molar-refractivity contribution in [3.8, 4) is 5.75 Å². The predicted molar refractivity (Wildman–Crippen MR) is 84.2 cm³/mol. The van der Waals surface area contributed by atoms with Crippen LogP contribution in [0.15, 0.2) is 42.5 Å². The normalized spacial score (nSPS) is 13.8. The molecule has 0 bridgehead atoms. The Bertz CT molecular complexity index is 602. The largest absolute Gasteiger partial charge is 0.497 e. The van der Waals surface area contributed by atoms with Crippen molar-refractivity contribution in [3.05, 3.63) is 64.7 Å². The van der Waals surface area contributed by atoms with Crippen LogP contribution in [0.3, 0.4) is 0 Å². The van der Waals surface area contributed by atoms with E-state index in [1.165, 1.54) is 22.3 Å². The fourth-order valence-corrected chi connectivity index (χ4v) is 2.65. The van der Waals surface area contributed by atoms with Gasteiger partial charge in [-0.25, -0.2) is 0 Å². The van der Waals surface area contributed by atoms with Gasteiger partial charge in [-0.15, -0.1) is 0 Å². The molecule has 2 aromatic carbocycles. The Morgan fingerprint density at radius 3 is 2.55 bits per heavy atom. The highest BCUT2D eigenvalue weighted by molar-refractivity contribution is 5.38. The van der Waals surface area contributed by atoms with E-state index in [0.29, 0.717) is 0 Å². The molecule has 2 nitrogen and oxygen atoms in total. The summed E-state index contributed by atoms with van der Waals surface area (Å²) in [5, 5.41) is 0. The number of methoxy groups -OCH3 is 1. The van der Waals surface area contributed by atoms with Crippen LogP contribution in [0.5, 0.6) is 5.75 Å². The molecule has 1 atom stereocenters. The number of aryl methyl sites for hydroxylation is 2. The van der Waals surface area contributed by atoms with E-state index in [4.69, 9.17) is 10.5 Å². The van der Waals surface area contributed by atoms with E-state index < -0.39 is 0 Å². The van der Waals surface area contributed by atoms with Crippen LogP contribution in [0.4, 0.5) is 0 Å². The molecule has 2 rings (SSSR count). The molecule has 0 aliphatic heterocycles. The molecule has 0 amide bonds. The van der Waals surface area contributed by atoms with Gasteiger partial charge < -0.3 is 10.5 Å². The van der Waals surface area contributed by atoms with Gasteiger partial charge >= 0.3 is 0 Å². The molecule has 2 aromatic rings. The molecule has 0 heterocycles. The molecule has 2 heteroatoms. The average Bonchev–Trinajstić information content (AvgIpc) is 2.41. The molecule has 0 aliphatic carbocycles. The third-order valence-electron chi connectivity index (χ3n) is 3.71. The monoisotopic (exact) mass is 269 g/mol. The topological polar surface area (TPSA) is 35.2 Å². The highest BCUT2D eigenvalue weighted by Crippen LogP contribution is 2.27. The smallest absolute Gasteiger partial charge is 0.119 e. The van der Waals surface area contributed by atoms with Crippen LogP contribution in [0.2, 0.25) is 0 Å². The Hall–Kier alpha value is -1.80. The first-order valence-corrected chi connectivity index (χ1v) is 6.92. The van der Waals surface area contributed by atoms with Crippen molar-refractivity contribution in [1.29, 1.82) is 0 Å². The van der Waals surface area contributed by atoms with Gasteiger partial charge in [0.2, 0.25) is 0 Å². The van der Waals surface area contributed by atoms with E-state index in [-0.39, 0.29) is 5.54 Å². The molecule has 0 aromatic heterocycles. The van der Waals surface area contributed by atoms with Gasteiger partial charge in [0.15, 0.2) is 0 Å². The van der Waals surface area contributed by atoms with Crippen molar-refractivity contribution < 1.29 is 4.74 Å². The van der Waals surface area contributed by atoms with E-state index in [9.17, 15) is 0 Å². The second kappa shape index (κ2) is 5.68. The molecule has 0 fully saturated rings. The maximum atomic E-state index is 6.59. The van der Waals surface area contributed by atoms with Crippen molar-refractivity contribution >= 4 is 0 Å². The molecule has 2 N–H and O–H groups in total. The minimum atomic E-state index is -0.386. The third-order valence-corrected chi connectivity index (χ3v) is 3.71. The lowest BCUT2D eigenvalue weighted by molar-refractivity contribution is 0.413. The Kier molecular flexibility index (Phi) is 4.15. The molecule has 0 spiro atoms. The van der Waals surface area contributed by atoms with Gasteiger partial charge in [0, 0.05) is 5.54 Å². The zero-order chi connectivity index (χ0) is 14.8. The number of rotatable bonds is 4. The molecule has 0 radical (unpaired) electrons. The fourth-order valence-electron chi connectivity index (χ4n) is 2.65. The number of hydrogen-bond acceptors (Lipinski definition) is 2. The summed E-state index contributed by atoms with van der Waals surface area (Å²) in [7, 11) is 1.69. The van der Waals surface area contributed by atoms with Crippen molar-refractivity contribution in [1.82, 2.24) is 0 Å². The fraction of sp³-hybridized carbons (Fsp3) is 0.333. The van der Waals surface area contributed by atoms with Crippen LogP contribution < -0.4 is 10.5 Å². The zero-order valence-corrected chi connectivity index (χ0v) is 12.7. The van der Waals surface area contributed by atoms with Gasteiger partial charge in [-0.05, 0) is 56.0 Å². The van der Waals surface area contributed by atoms with Crippen molar-refractivity contribution in [2.24, 2.45) is 5.73 Å². The van der Waals surface area contributed by atoms with E-state index in [1.807, 2.05) is 12.1 Å². The first kappa shape index (κ1) is 14.6. The second-order valence-corrected chi connectivity index (χ2v) is 5.76. The number of nitrogens with two attached hydrogens (primary N) is 1. The van der Waals surface area contributed by atoms with E-state index in [1.54, 1.807) is 7.11 Å². The molecule has 1 unspecified atom stereocenters. The Morgan fingerprint density at radius 2 is 1.85 bits per heavy atom.